The number of amides is 1. The molecule has 0 radical (unpaired) electrons. The molecule has 1 aliphatic rings. The smallest absolute Gasteiger partial charge is 0.254 e. The Morgan fingerprint density at radius 1 is 1.21 bits per heavy atom. The highest BCUT2D eigenvalue weighted by molar-refractivity contribution is 6.42. The number of carbonyl (C=O) groups is 1. The molecule has 1 amide bonds. The molecule has 19 heavy (non-hydrogen) atoms. The Morgan fingerprint density at radius 2 is 2.05 bits per heavy atom. The second-order valence-electron chi connectivity index (χ2n) is 4.39. The van der Waals surface area contributed by atoms with Crippen molar-refractivity contribution in [2.75, 3.05) is 6.54 Å². The van der Waals surface area contributed by atoms with Gasteiger partial charge in [0.2, 0.25) is 0 Å². The van der Waals surface area contributed by atoms with E-state index < -0.39 is 0 Å². The molecular weight excluding hydrogens is 285 g/mol. The summed E-state index contributed by atoms with van der Waals surface area (Å²) in [5, 5.41) is 0.846. The molecule has 2 heterocycles. The Morgan fingerprint density at radius 3 is 2.84 bits per heavy atom. The van der Waals surface area contributed by atoms with Crippen LogP contribution >= 0.6 is 23.2 Å². The molecule has 0 bridgehead atoms. The first kappa shape index (κ1) is 12.5. The summed E-state index contributed by atoms with van der Waals surface area (Å²) in [5.74, 6) is 0.854. The van der Waals surface area contributed by atoms with Crippen molar-refractivity contribution < 1.29 is 4.79 Å². The van der Waals surface area contributed by atoms with E-state index >= 15 is 0 Å². The van der Waals surface area contributed by atoms with Crippen LogP contribution in [0.25, 0.3) is 0 Å². The first-order chi connectivity index (χ1) is 9.15. The number of halogens is 2. The third-order valence-electron chi connectivity index (χ3n) is 3.20. The SMILES string of the molecule is O=C(c1ccc(Cl)c(Cl)c1)N1CCn2ccnc2C1. The predicted molar refractivity (Wildman–Crippen MR) is 73.4 cm³/mol. The van der Waals surface area contributed by atoms with E-state index in [1.54, 1.807) is 29.3 Å². The Balaban J connectivity index is 1.83. The molecule has 0 saturated carbocycles. The average Bonchev–Trinajstić information content (AvgIpc) is 2.88. The molecule has 3 rings (SSSR count). The summed E-state index contributed by atoms with van der Waals surface area (Å²) in [4.78, 5) is 18.4. The number of aromatic nitrogens is 2. The normalized spacial score (nSPS) is 14.3. The lowest BCUT2D eigenvalue weighted by Crippen LogP contribution is -2.38. The van der Waals surface area contributed by atoms with Crippen LogP contribution in [0.3, 0.4) is 0 Å². The zero-order valence-electron chi connectivity index (χ0n) is 10.0. The van der Waals surface area contributed by atoms with E-state index in [0.29, 0.717) is 28.7 Å². The molecule has 1 aromatic carbocycles. The summed E-state index contributed by atoms with van der Waals surface area (Å²) in [6.07, 6.45) is 3.68. The van der Waals surface area contributed by atoms with Crippen LogP contribution in [-0.2, 0) is 13.1 Å². The van der Waals surface area contributed by atoms with E-state index in [4.69, 9.17) is 23.2 Å². The van der Waals surface area contributed by atoms with Crippen LogP contribution in [0, 0.1) is 0 Å². The fourth-order valence-electron chi connectivity index (χ4n) is 2.16. The van der Waals surface area contributed by atoms with Crippen LogP contribution in [0.1, 0.15) is 16.2 Å². The predicted octanol–water partition coefficient (Wildman–Crippen LogP) is 2.85. The lowest BCUT2D eigenvalue weighted by Gasteiger charge is -2.27. The van der Waals surface area contributed by atoms with E-state index in [-0.39, 0.29) is 5.91 Å². The zero-order chi connectivity index (χ0) is 13.4. The van der Waals surface area contributed by atoms with Crippen molar-refractivity contribution in [2.24, 2.45) is 0 Å². The fraction of sp³-hybridized carbons (Fsp3) is 0.231. The Labute approximate surface area is 120 Å². The molecule has 1 aliphatic heterocycles. The van der Waals surface area contributed by atoms with E-state index in [0.717, 1.165) is 12.4 Å². The van der Waals surface area contributed by atoms with Crippen molar-refractivity contribution in [1.29, 1.82) is 0 Å². The monoisotopic (exact) mass is 295 g/mol. The summed E-state index contributed by atoms with van der Waals surface area (Å²) in [6.45, 7) is 1.96. The number of nitrogens with zero attached hydrogens (tertiary/aromatic N) is 3. The van der Waals surface area contributed by atoms with Crippen LogP contribution in [0.15, 0.2) is 30.6 Å². The fourth-order valence-corrected chi connectivity index (χ4v) is 2.46. The first-order valence-corrected chi connectivity index (χ1v) is 6.65. The lowest BCUT2D eigenvalue weighted by atomic mass is 10.2. The number of carbonyl (C=O) groups excluding carboxylic acids is 1. The minimum Gasteiger partial charge on any atom is -0.332 e. The van der Waals surface area contributed by atoms with Crippen LogP contribution in [0.2, 0.25) is 10.0 Å². The van der Waals surface area contributed by atoms with Crippen LogP contribution < -0.4 is 0 Å². The molecule has 0 saturated heterocycles. The molecule has 0 aliphatic carbocycles. The minimum atomic E-state index is -0.0483. The van der Waals surface area contributed by atoms with Gasteiger partial charge in [-0.05, 0) is 18.2 Å². The van der Waals surface area contributed by atoms with Crippen molar-refractivity contribution >= 4 is 29.1 Å². The molecule has 0 atom stereocenters. The van der Waals surface area contributed by atoms with Gasteiger partial charge in [0.05, 0.1) is 16.6 Å². The second kappa shape index (κ2) is 4.87. The number of hydrogen-bond donors (Lipinski definition) is 0. The topological polar surface area (TPSA) is 38.1 Å². The van der Waals surface area contributed by atoms with Crippen LogP contribution in [0.5, 0.6) is 0 Å². The third-order valence-corrected chi connectivity index (χ3v) is 3.94. The van der Waals surface area contributed by atoms with Crippen molar-refractivity contribution in [3.63, 3.8) is 0 Å². The zero-order valence-corrected chi connectivity index (χ0v) is 11.5. The molecule has 0 unspecified atom stereocenters. The lowest BCUT2D eigenvalue weighted by molar-refractivity contribution is 0.0707. The van der Waals surface area contributed by atoms with Gasteiger partial charge in [-0.3, -0.25) is 4.79 Å². The Kier molecular flexibility index (Phi) is 3.21. The Hall–Kier alpha value is -1.52. The first-order valence-electron chi connectivity index (χ1n) is 5.89. The molecular formula is C13H11Cl2N3O. The van der Waals surface area contributed by atoms with E-state index in [1.165, 1.54) is 0 Å². The molecule has 0 spiro atoms. The standard InChI is InChI=1S/C13H11Cl2N3O/c14-10-2-1-9(7-11(10)15)13(19)18-6-5-17-4-3-16-12(17)8-18/h1-4,7H,5-6,8H2. The maximum Gasteiger partial charge on any atom is 0.254 e. The van der Waals surface area contributed by atoms with E-state index in [9.17, 15) is 4.79 Å². The number of imidazole rings is 1. The molecule has 0 N–H and O–H groups in total. The quantitative estimate of drug-likeness (QED) is 0.811. The molecule has 6 heteroatoms. The molecule has 98 valence electrons. The van der Waals surface area contributed by atoms with Gasteiger partial charge in [-0.15, -0.1) is 0 Å². The van der Waals surface area contributed by atoms with Crippen molar-refractivity contribution in [1.82, 2.24) is 14.5 Å². The minimum absolute atomic E-state index is 0.0483. The van der Waals surface area contributed by atoms with Gasteiger partial charge >= 0.3 is 0 Å². The van der Waals surface area contributed by atoms with E-state index in [1.807, 2.05) is 6.20 Å². The van der Waals surface area contributed by atoms with Crippen molar-refractivity contribution in [3.05, 3.63) is 52.0 Å². The maximum atomic E-state index is 12.4. The summed E-state index contributed by atoms with van der Waals surface area (Å²) < 4.78 is 2.05. The number of rotatable bonds is 1. The van der Waals surface area contributed by atoms with Crippen LogP contribution in [0.4, 0.5) is 0 Å². The van der Waals surface area contributed by atoms with Gasteiger partial charge in [0.1, 0.15) is 5.82 Å². The number of fused-ring (bicyclic) bond motifs is 1. The molecule has 0 fully saturated rings. The third kappa shape index (κ3) is 2.33. The van der Waals surface area contributed by atoms with Gasteiger partial charge in [-0.25, -0.2) is 4.98 Å². The summed E-state index contributed by atoms with van der Waals surface area (Å²) in [7, 11) is 0. The van der Waals surface area contributed by atoms with Crippen molar-refractivity contribution in [2.45, 2.75) is 13.1 Å². The summed E-state index contributed by atoms with van der Waals surface area (Å²) in [5.41, 5.74) is 0.550. The number of hydrogen-bond acceptors (Lipinski definition) is 2. The summed E-state index contributed by atoms with van der Waals surface area (Å²) >= 11 is 11.8. The number of benzene rings is 1. The van der Waals surface area contributed by atoms with Gasteiger partial charge in [0, 0.05) is 31.0 Å². The molecule has 4 nitrogen and oxygen atoms in total. The van der Waals surface area contributed by atoms with Crippen molar-refractivity contribution in [3.8, 4) is 0 Å². The highest BCUT2D eigenvalue weighted by Gasteiger charge is 2.22. The van der Waals surface area contributed by atoms with Gasteiger partial charge in [-0.2, -0.15) is 0 Å². The maximum absolute atomic E-state index is 12.4. The van der Waals surface area contributed by atoms with Crippen LogP contribution in [-0.4, -0.2) is 26.9 Å². The van der Waals surface area contributed by atoms with Gasteiger partial charge < -0.3 is 9.47 Å². The largest absolute Gasteiger partial charge is 0.332 e. The Bertz CT molecular complexity index is 639. The van der Waals surface area contributed by atoms with Gasteiger partial charge in [0.25, 0.3) is 5.91 Å². The van der Waals surface area contributed by atoms with E-state index in [2.05, 4.69) is 9.55 Å². The highest BCUT2D eigenvalue weighted by atomic mass is 35.5. The summed E-state index contributed by atoms with van der Waals surface area (Å²) in [6, 6.07) is 4.94. The second-order valence-corrected chi connectivity index (χ2v) is 5.21. The van der Waals surface area contributed by atoms with Gasteiger partial charge in [0.15, 0.2) is 0 Å². The molecule has 1 aromatic heterocycles. The average molecular weight is 296 g/mol. The van der Waals surface area contributed by atoms with Gasteiger partial charge in [-0.1, -0.05) is 23.2 Å². The highest BCUT2D eigenvalue weighted by Crippen LogP contribution is 2.24. The molecule has 2 aromatic rings.